The first-order chi connectivity index (χ1) is 5.11. The van der Waals surface area contributed by atoms with Crippen molar-refractivity contribution >= 4 is 0 Å². The molecule has 0 aromatic rings. The maximum atomic E-state index is 3.82. The summed E-state index contributed by atoms with van der Waals surface area (Å²) < 4.78 is 0. The number of nitrogens with one attached hydrogen (secondary N) is 1. The third-order valence-electron chi connectivity index (χ3n) is 1.52. The molecule has 11 heavy (non-hydrogen) atoms. The van der Waals surface area contributed by atoms with E-state index >= 15 is 0 Å². The van der Waals surface area contributed by atoms with Crippen molar-refractivity contribution in [3.05, 3.63) is 35.6 Å². The van der Waals surface area contributed by atoms with Gasteiger partial charge in [0.2, 0.25) is 0 Å². The number of hydrogen-bond acceptors (Lipinski definition) is 1. The minimum absolute atomic E-state index is 1.07. The van der Waals surface area contributed by atoms with Gasteiger partial charge >= 0.3 is 0 Å². The van der Waals surface area contributed by atoms with Crippen LogP contribution in [0.25, 0.3) is 0 Å². The molecule has 0 aliphatic heterocycles. The molecule has 0 radical (unpaired) electrons. The standard InChI is InChI=1S/C10H17N/c1-6-9(4)10(11-5)7-8(2)3/h6-7,11H,2H2,1,3-5H3/b9-6-,10-7+. The van der Waals surface area contributed by atoms with Gasteiger partial charge in [-0.3, -0.25) is 0 Å². The van der Waals surface area contributed by atoms with E-state index in [0.717, 1.165) is 11.3 Å². The van der Waals surface area contributed by atoms with Gasteiger partial charge in [-0.05, 0) is 32.4 Å². The zero-order valence-electron chi connectivity index (χ0n) is 7.86. The highest BCUT2D eigenvalue weighted by atomic mass is 14.8. The maximum absolute atomic E-state index is 3.82. The summed E-state index contributed by atoms with van der Waals surface area (Å²) in [5.74, 6) is 0. The van der Waals surface area contributed by atoms with Gasteiger partial charge in [0, 0.05) is 12.7 Å². The van der Waals surface area contributed by atoms with Gasteiger partial charge < -0.3 is 5.32 Å². The molecule has 0 heterocycles. The third kappa shape index (κ3) is 3.66. The molecular formula is C10H17N. The Balaban J connectivity index is 4.53. The van der Waals surface area contributed by atoms with Gasteiger partial charge in [-0.25, -0.2) is 0 Å². The fourth-order valence-electron chi connectivity index (χ4n) is 0.785. The molecule has 0 unspecified atom stereocenters. The van der Waals surface area contributed by atoms with Crippen LogP contribution < -0.4 is 5.32 Å². The van der Waals surface area contributed by atoms with Crippen molar-refractivity contribution in [3.63, 3.8) is 0 Å². The van der Waals surface area contributed by atoms with Crippen LogP contribution in [0, 0.1) is 0 Å². The first kappa shape index (κ1) is 10.0. The topological polar surface area (TPSA) is 12.0 Å². The van der Waals surface area contributed by atoms with Gasteiger partial charge in [-0.1, -0.05) is 18.2 Å². The molecule has 0 atom stereocenters. The largest absolute Gasteiger partial charge is 0.388 e. The second-order valence-corrected chi connectivity index (χ2v) is 2.63. The average Bonchev–Trinajstić information content (AvgIpc) is 1.98. The van der Waals surface area contributed by atoms with E-state index in [1.54, 1.807) is 0 Å². The van der Waals surface area contributed by atoms with Crippen molar-refractivity contribution in [1.82, 2.24) is 5.32 Å². The van der Waals surface area contributed by atoms with Crippen LogP contribution in [0.4, 0.5) is 0 Å². The summed E-state index contributed by atoms with van der Waals surface area (Å²) in [6, 6.07) is 0. The number of rotatable bonds is 3. The Morgan fingerprint density at radius 3 is 2.18 bits per heavy atom. The van der Waals surface area contributed by atoms with Gasteiger partial charge in [0.1, 0.15) is 0 Å². The summed E-state index contributed by atoms with van der Waals surface area (Å²) in [5.41, 5.74) is 3.45. The van der Waals surface area contributed by atoms with E-state index in [0.29, 0.717) is 0 Å². The number of likely N-dealkylation sites (N-methyl/N-ethyl adjacent to an activating group) is 1. The smallest absolute Gasteiger partial charge is 0.0366 e. The Kier molecular flexibility index (Phi) is 4.35. The van der Waals surface area contributed by atoms with Crippen molar-refractivity contribution in [2.24, 2.45) is 0 Å². The summed E-state index contributed by atoms with van der Waals surface area (Å²) in [5, 5.41) is 3.12. The van der Waals surface area contributed by atoms with E-state index in [9.17, 15) is 0 Å². The summed E-state index contributed by atoms with van der Waals surface area (Å²) >= 11 is 0. The first-order valence-electron chi connectivity index (χ1n) is 3.80. The van der Waals surface area contributed by atoms with E-state index in [-0.39, 0.29) is 0 Å². The third-order valence-corrected chi connectivity index (χ3v) is 1.52. The van der Waals surface area contributed by atoms with Gasteiger partial charge in [0.05, 0.1) is 0 Å². The van der Waals surface area contributed by atoms with Crippen LogP contribution in [0.5, 0.6) is 0 Å². The predicted molar refractivity (Wildman–Crippen MR) is 51.4 cm³/mol. The Labute approximate surface area is 69.5 Å². The van der Waals surface area contributed by atoms with Crippen molar-refractivity contribution in [3.8, 4) is 0 Å². The minimum atomic E-state index is 1.07. The predicted octanol–water partition coefficient (Wildman–Crippen LogP) is 2.63. The first-order valence-corrected chi connectivity index (χ1v) is 3.80. The summed E-state index contributed by atoms with van der Waals surface area (Å²) in [7, 11) is 1.92. The van der Waals surface area contributed by atoms with Crippen molar-refractivity contribution in [1.29, 1.82) is 0 Å². The van der Waals surface area contributed by atoms with Crippen LogP contribution in [0.3, 0.4) is 0 Å². The second-order valence-electron chi connectivity index (χ2n) is 2.63. The normalized spacial score (nSPS) is 13.1. The Bertz CT molecular complexity index is 197. The molecule has 0 rings (SSSR count). The molecule has 0 saturated heterocycles. The fourth-order valence-corrected chi connectivity index (χ4v) is 0.785. The minimum Gasteiger partial charge on any atom is -0.388 e. The van der Waals surface area contributed by atoms with Gasteiger partial charge in [-0.15, -0.1) is 0 Å². The van der Waals surface area contributed by atoms with E-state index in [1.807, 2.05) is 27.0 Å². The molecular weight excluding hydrogens is 134 g/mol. The lowest BCUT2D eigenvalue weighted by molar-refractivity contribution is 0.993. The Morgan fingerprint density at radius 1 is 1.36 bits per heavy atom. The molecule has 0 aliphatic carbocycles. The number of hydrogen-bond donors (Lipinski definition) is 1. The van der Waals surface area contributed by atoms with Crippen molar-refractivity contribution < 1.29 is 0 Å². The molecule has 1 nitrogen and oxygen atoms in total. The highest BCUT2D eigenvalue weighted by Crippen LogP contribution is 2.06. The van der Waals surface area contributed by atoms with Crippen molar-refractivity contribution in [2.75, 3.05) is 7.05 Å². The van der Waals surface area contributed by atoms with Crippen LogP contribution in [0.2, 0.25) is 0 Å². The zero-order chi connectivity index (χ0) is 8.85. The number of allylic oxidation sites excluding steroid dienone is 4. The molecule has 0 aromatic heterocycles. The highest BCUT2D eigenvalue weighted by molar-refractivity contribution is 5.32. The van der Waals surface area contributed by atoms with E-state index in [4.69, 9.17) is 0 Å². The van der Waals surface area contributed by atoms with Crippen LogP contribution in [0.15, 0.2) is 35.6 Å². The van der Waals surface area contributed by atoms with E-state index in [2.05, 4.69) is 24.9 Å². The van der Waals surface area contributed by atoms with Crippen LogP contribution in [0.1, 0.15) is 20.8 Å². The van der Waals surface area contributed by atoms with E-state index in [1.165, 1.54) is 5.57 Å². The average molecular weight is 151 g/mol. The lowest BCUT2D eigenvalue weighted by atomic mass is 10.1. The van der Waals surface area contributed by atoms with E-state index < -0.39 is 0 Å². The van der Waals surface area contributed by atoms with Crippen LogP contribution in [-0.2, 0) is 0 Å². The Morgan fingerprint density at radius 2 is 1.91 bits per heavy atom. The van der Waals surface area contributed by atoms with Crippen molar-refractivity contribution in [2.45, 2.75) is 20.8 Å². The summed E-state index contributed by atoms with van der Waals surface area (Å²) in [6.07, 6.45) is 4.11. The van der Waals surface area contributed by atoms with Gasteiger partial charge in [0.15, 0.2) is 0 Å². The molecule has 0 bridgehead atoms. The summed E-state index contributed by atoms with van der Waals surface area (Å²) in [6.45, 7) is 9.90. The Hall–Kier alpha value is -0.980. The molecule has 1 N–H and O–H groups in total. The second kappa shape index (κ2) is 4.78. The highest BCUT2D eigenvalue weighted by Gasteiger charge is 1.93. The van der Waals surface area contributed by atoms with Gasteiger partial charge in [0.25, 0.3) is 0 Å². The SMILES string of the molecule is C=C(C)/C=C(NC)\C(C)=C/C. The quantitative estimate of drug-likeness (QED) is 0.611. The lowest BCUT2D eigenvalue weighted by Gasteiger charge is -2.06. The molecule has 0 spiro atoms. The molecule has 0 amide bonds. The molecule has 1 heteroatoms. The van der Waals surface area contributed by atoms with Crippen LogP contribution >= 0.6 is 0 Å². The molecule has 62 valence electrons. The molecule has 0 fully saturated rings. The summed E-state index contributed by atoms with van der Waals surface area (Å²) in [4.78, 5) is 0. The fraction of sp³-hybridized carbons (Fsp3) is 0.400. The zero-order valence-corrected chi connectivity index (χ0v) is 7.86. The molecule has 0 aliphatic rings. The van der Waals surface area contributed by atoms with Gasteiger partial charge in [-0.2, -0.15) is 0 Å². The van der Waals surface area contributed by atoms with Crippen LogP contribution in [-0.4, -0.2) is 7.05 Å². The molecule has 0 aromatic carbocycles. The lowest BCUT2D eigenvalue weighted by Crippen LogP contribution is -2.06. The monoisotopic (exact) mass is 151 g/mol. The molecule has 0 saturated carbocycles. The maximum Gasteiger partial charge on any atom is 0.0366 e.